The molecular weight excluding hydrogens is 152 g/mol. The van der Waals surface area contributed by atoms with E-state index in [1.165, 1.54) is 0 Å². The van der Waals surface area contributed by atoms with Gasteiger partial charge >= 0.3 is 0 Å². The molecule has 0 bridgehead atoms. The van der Waals surface area contributed by atoms with Crippen LogP contribution in [0.1, 0.15) is 20.3 Å². The number of hydrogen-bond acceptors (Lipinski definition) is 3. The zero-order valence-corrected chi connectivity index (χ0v) is 8.14. The van der Waals surface area contributed by atoms with Crippen LogP contribution >= 0.6 is 0 Å². The Morgan fingerprint density at radius 1 is 1.42 bits per heavy atom. The molecule has 72 valence electrons. The molecule has 1 heterocycles. The van der Waals surface area contributed by atoms with Gasteiger partial charge < -0.3 is 10.4 Å². The lowest BCUT2D eigenvalue weighted by Gasteiger charge is -2.38. The Kier molecular flexibility index (Phi) is 3.50. The van der Waals surface area contributed by atoms with Crippen LogP contribution in [0.5, 0.6) is 0 Å². The first-order valence-electron chi connectivity index (χ1n) is 4.85. The molecule has 0 aromatic rings. The molecule has 1 unspecified atom stereocenters. The summed E-state index contributed by atoms with van der Waals surface area (Å²) in [5.41, 5.74) is 0.0312. The minimum atomic E-state index is 0.0312. The van der Waals surface area contributed by atoms with Crippen LogP contribution in [-0.2, 0) is 0 Å². The van der Waals surface area contributed by atoms with Gasteiger partial charge in [0, 0.05) is 6.54 Å². The molecule has 0 aliphatic carbocycles. The van der Waals surface area contributed by atoms with Gasteiger partial charge in [-0.2, -0.15) is 0 Å². The van der Waals surface area contributed by atoms with Gasteiger partial charge in [0.15, 0.2) is 0 Å². The van der Waals surface area contributed by atoms with Crippen LogP contribution in [0.15, 0.2) is 0 Å². The molecule has 0 aromatic carbocycles. The first kappa shape index (κ1) is 9.96. The Hall–Kier alpha value is -0.120. The van der Waals surface area contributed by atoms with Gasteiger partial charge in [-0.25, -0.2) is 0 Å². The van der Waals surface area contributed by atoms with Gasteiger partial charge in [-0.3, -0.25) is 4.90 Å². The summed E-state index contributed by atoms with van der Waals surface area (Å²) >= 11 is 0. The van der Waals surface area contributed by atoms with Crippen molar-refractivity contribution in [1.82, 2.24) is 10.2 Å². The lowest BCUT2D eigenvalue weighted by molar-refractivity contribution is 0.0520. The highest BCUT2D eigenvalue weighted by molar-refractivity contribution is 4.96. The molecule has 3 heteroatoms. The number of nitrogens with zero attached hydrogens (tertiary/aromatic N) is 1. The molecule has 0 saturated carbocycles. The van der Waals surface area contributed by atoms with Crippen molar-refractivity contribution in [3.8, 4) is 0 Å². The monoisotopic (exact) mass is 172 g/mol. The minimum Gasteiger partial charge on any atom is -0.394 e. The maximum Gasteiger partial charge on any atom is 0.0628 e. The van der Waals surface area contributed by atoms with Crippen molar-refractivity contribution >= 4 is 0 Å². The first-order valence-corrected chi connectivity index (χ1v) is 4.85. The number of hydrogen-bond donors (Lipinski definition) is 2. The summed E-state index contributed by atoms with van der Waals surface area (Å²) in [7, 11) is 0. The van der Waals surface area contributed by atoms with E-state index in [0.717, 1.165) is 32.6 Å². The Morgan fingerprint density at radius 3 is 2.42 bits per heavy atom. The summed E-state index contributed by atoms with van der Waals surface area (Å²) in [5, 5.41) is 12.7. The van der Waals surface area contributed by atoms with E-state index in [0.29, 0.717) is 0 Å². The largest absolute Gasteiger partial charge is 0.394 e. The lowest BCUT2D eigenvalue weighted by atomic mass is 9.97. The van der Waals surface area contributed by atoms with E-state index in [1.54, 1.807) is 0 Å². The van der Waals surface area contributed by atoms with E-state index in [2.05, 4.69) is 24.1 Å². The average Bonchev–Trinajstić information content (AvgIpc) is 2.56. The Labute approximate surface area is 74.8 Å². The Bertz CT molecular complexity index is 128. The van der Waals surface area contributed by atoms with E-state index in [9.17, 15) is 5.11 Å². The molecule has 0 aromatic heterocycles. The normalized spacial score (nSPS) is 30.0. The van der Waals surface area contributed by atoms with Crippen molar-refractivity contribution in [3.05, 3.63) is 0 Å². The summed E-state index contributed by atoms with van der Waals surface area (Å²) in [6.45, 7) is 8.61. The quantitative estimate of drug-likeness (QED) is 0.629. The zero-order chi connectivity index (χ0) is 9.03. The molecular formula is C9H20N2O. The van der Waals surface area contributed by atoms with Crippen LogP contribution in [-0.4, -0.2) is 48.3 Å². The second-order valence-corrected chi connectivity index (χ2v) is 3.48. The van der Waals surface area contributed by atoms with Crippen molar-refractivity contribution in [1.29, 1.82) is 0 Å². The summed E-state index contributed by atoms with van der Waals surface area (Å²) in [6, 6.07) is 0. The van der Waals surface area contributed by atoms with Crippen LogP contribution < -0.4 is 5.32 Å². The highest BCUT2D eigenvalue weighted by Crippen LogP contribution is 2.21. The van der Waals surface area contributed by atoms with E-state index >= 15 is 0 Å². The number of likely N-dealkylation sites (N-methyl/N-ethyl adjacent to an activating group) is 1. The van der Waals surface area contributed by atoms with Gasteiger partial charge in [0.05, 0.1) is 12.1 Å². The number of aliphatic hydroxyl groups is 1. The van der Waals surface area contributed by atoms with Gasteiger partial charge in [-0.05, 0) is 26.1 Å². The van der Waals surface area contributed by atoms with Crippen molar-refractivity contribution in [2.75, 3.05) is 32.8 Å². The molecule has 1 aliphatic heterocycles. The predicted molar refractivity (Wildman–Crippen MR) is 50.2 cm³/mol. The highest BCUT2D eigenvalue weighted by Gasteiger charge is 2.37. The predicted octanol–water partition coefficient (Wildman–Crippen LogP) is 0.0526. The van der Waals surface area contributed by atoms with Crippen molar-refractivity contribution in [2.45, 2.75) is 25.8 Å². The Morgan fingerprint density at radius 2 is 2.08 bits per heavy atom. The highest BCUT2D eigenvalue weighted by atomic mass is 16.3. The maximum absolute atomic E-state index is 9.37. The van der Waals surface area contributed by atoms with E-state index < -0.39 is 0 Å². The van der Waals surface area contributed by atoms with Crippen molar-refractivity contribution < 1.29 is 5.11 Å². The first-order chi connectivity index (χ1) is 5.79. The van der Waals surface area contributed by atoms with Crippen LogP contribution in [0.4, 0.5) is 0 Å². The average molecular weight is 172 g/mol. The molecule has 3 nitrogen and oxygen atoms in total. The number of rotatable bonds is 4. The molecule has 2 N–H and O–H groups in total. The van der Waals surface area contributed by atoms with Crippen LogP contribution in [0.2, 0.25) is 0 Å². The SMILES string of the molecule is CCN(CC)C1(CO)CCNC1. The molecule has 1 fully saturated rings. The fraction of sp³-hybridized carbons (Fsp3) is 1.00. The van der Waals surface area contributed by atoms with Gasteiger partial charge in [0.25, 0.3) is 0 Å². The van der Waals surface area contributed by atoms with Gasteiger partial charge in [-0.15, -0.1) is 0 Å². The van der Waals surface area contributed by atoms with Crippen molar-refractivity contribution in [2.24, 2.45) is 0 Å². The third-order valence-electron chi connectivity index (χ3n) is 2.95. The summed E-state index contributed by atoms with van der Waals surface area (Å²) < 4.78 is 0. The molecule has 1 rings (SSSR count). The smallest absolute Gasteiger partial charge is 0.0628 e. The topological polar surface area (TPSA) is 35.5 Å². The summed E-state index contributed by atoms with van der Waals surface area (Å²) in [5.74, 6) is 0. The van der Waals surface area contributed by atoms with E-state index in [4.69, 9.17) is 0 Å². The molecule has 12 heavy (non-hydrogen) atoms. The summed E-state index contributed by atoms with van der Waals surface area (Å²) in [6.07, 6.45) is 1.07. The molecule has 1 atom stereocenters. The van der Waals surface area contributed by atoms with Crippen LogP contribution in [0.3, 0.4) is 0 Å². The van der Waals surface area contributed by atoms with Gasteiger partial charge in [0.2, 0.25) is 0 Å². The minimum absolute atomic E-state index is 0.0312. The van der Waals surface area contributed by atoms with Crippen LogP contribution in [0, 0.1) is 0 Å². The van der Waals surface area contributed by atoms with E-state index in [1.807, 2.05) is 0 Å². The molecule has 0 spiro atoms. The second-order valence-electron chi connectivity index (χ2n) is 3.48. The maximum atomic E-state index is 9.37. The van der Waals surface area contributed by atoms with Gasteiger partial charge in [0.1, 0.15) is 0 Å². The fourth-order valence-electron chi connectivity index (χ4n) is 2.13. The zero-order valence-electron chi connectivity index (χ0n) is 8.14. The van der Waals surface area contributed by atoms with Crippen LogP contribution in [0.25, 0.3) is 0 Å². The second kappa shape index (κ2) is 4.21. The van der Waals surface area contributed by atoms with Gasteiger partial charge in [-0.1, -0.05) is 13.8 Å². The third-order valence-corrected chi connectivity index (χ3v) is 2.95. The molecule has 1 aliphatic rings. The Balaban J connectivity index is 2.63. The lowest BCUT2D eigenvalue weighted by Crippen LogP contribution is -2.53. The third kappa shape index (κ3) is 1.63. The molecule has 0 amide bonds. The molecule has 1 saturated heterocycles. The number of nitrogens with one attached hydrogen (secondary N) is 1. The summed E-state index contributed by atoms with van der Waals surface area (Å²) in [4.78, 5) is 2.35. The number of aliphatic hydroxyl groups excluding tert-OH is 1. The molecule has 0 radical (unpaired) electrons. The fourth-order valence-corrected chi connectivity index (χ4v) is 2.13. The van der Waals surface area contributed by atoms with Crippen molar-refractivity contribution in [3.63, 3.8) is 0 Å². The standard InChI is InChI=1S/C9H20N2O/c1-3-11(4-2)9(8-12)5-6-10-7-9/h10,12H,3-8H2,1-2H3. The van der Waals surface area contributed by atoms with E-state index in [-0.39, 0.29) is 12.1 Å².